The van der Waals surface area contributed by atoms with Crippen molar-refractivity contribution in [1.29, 1.82) is 0 Å². The standard InChI is InChI=1S/C17H16O8S4/c1-25-15(24)7-17(6-14(22)23)28-10-2-8-9(3-11(10)29-17)27-16(26-8,4-12(18)19)5-13(20)21/h2-3H,4-7H2,1H3,(H,18,19)(H,20,21)(H,22,23). The summed E-state index contributed by atoms with van der Waals surface area (Å²) < 4.78 is 2.76. The molecule has 3 rings (SSSR count). The van der Waals surface area contributed by atoms with Crippen molar-refractivity contribution in [3.05, 3.63) is 12.1 Å². The molecule has 0 radical (unpaired) electrons. The van der Waals surface area contributed by atoms with Crippen molar-refractivity contribution in [3.63, 3.8) is 0 Å². The molecule has 1 aromatic rings. The first-order valence-corrected chi connectivity index (χ1v) is 11.5. The number of aliphatic carboxylic acids is 3. The Kier molecular flexibility index (Phi) is 6.37. The summed E-state index contributed by atoms with van der Waals surface area (Å²) >= 11 is 4.97. The van der Waals surface area contributed by atoms with Gasteiger partial charge in [-0.05, 0) is 12.1 Å². The lowest BCUT2D eigenvalue weighted by molar-refractivity contribution is -0.142. The smallest absolute Gasteiger partial charge is 0.307 e. The first-order valence-electron chi connectivity index (χ1n) is 8.22. The second-order valence-corrected chi connectivity index (χ2v) is 12.7. The van der Waals surface area contributed by atoms with Crippen LogP contribution in [0.1, 0.15) is 25.7 Å². The maximum atomic E-state index is 11.8. The Bertz CT molecular complexity index is 847. The molecular weight excluding hydrogens is 460 g/mol. The third-order valence-corrected chi connectivity index (χ3v) is 10.2. The van der Waals surface area contributed by atoms with Crippen LogP contribution < -0.4 is 0 Å². The Hall–Kier alpha value is -1.50. The lowest BCUT2D eigenvalue weighted by Gasteiger charge is -2.24. The van der Waals surface area contributed by atoms with Gasteiger partial charge in [0, 0.05) is 19.6 Å². The fraction of sp³-hybridized carbons (Fsp3) is 0.412. The quantitative estimate of drug-likeness (QED) is 0.474. The van der Waals surface area contributed by atoms with Gasteiger partial charge >= 0.3 is 23.9 Å². The normalized spacial score (nSPS) is 18.0. The third-order valence-electron chi connectivity index (χ3n) is 4.10. The van der Waals surface area contributed by atoms with Gasteiger partial charge in [-0.1, -0.05) is 0 Å². The number of carboxylic acids is 3. The Morgan fingerprint density at radius 2 is 1.03 bits per heavy atom. The van der Waals surface area contributed by atoms with Crippen molar-refractivity contribution in [3.8, 4) is 0 Å². The zero-order valence-corrected chi connectivity index (χ0v) is 18.3. The first-order chi connectivity index (χ1) is 13.6. The van der Waals surface area contributed by atoms with Crippen molar-refractivity contribution < 1.29 is 39.2 Å². The van der Waals surface area contributed by atoms with Crippen LogP contribution in [0, 0.1) is 0 Å². The molecule has 0 bridgehead atoms. The van der Waals surface area contributed by atoms with Gasteiger partial charge in [-0.25, -0.2) is 0 Å². The highest BCUT2D eigenvalue weighted by atomic mass is 32.2. The van der Waals surface area contributed by atoms with Gasteiger partial charge < -0.3 is 20.1 Å². The van der Waals surface area contributed by atoms with Crippen LogP contribution in [-0.2, 0) is 23.9 Å². The molecule has 156 valence electrons. The summed E-state index contributed by atoms with van der Waals surface area (Å²) in [7, 11) is 1.25. The van der Waals surface area contributed by atoms with Crippen molar-refractivity contribution in [2.24, 2.45) is 0 Å². The summed E-state index contributed by atoms with van der Waals surface area (Å²) in [5.74, 6) is -3.68. The van der Waals surface area contributed by atoms with Crippen LogP contribution in [0.25, 0.3) is 0 Å². The van der Waals surface area contributed by atoms with Crippen LogP contribution >= 0.6 is 47.0 Å². The second kappa shape index (κ2) is 8.32. The van der Waals surface area contributed by atoms with Gasteiger partial charge in [0.05, 0.1) is 41.0 Å². The third kappa shape index (κ3) is 4.98. The summed E-state index contributed by atoms with van der Waals surface area (Å²) in [6.45, 7) is 0. The fourth-order valence-electron chi connectivity index (χ4n) is 3.08. The number of esters is 1. The van der Waals surface area contributed by atoms with Gasteiger partial charge in [-0.2, -0.15) is 0 Å². The summed E-state index contributed by atoms with van der Waals surface area (Å²) in [5, 5.41) is 27.8. The lowest BCUT2D eigenvalue weighted by atomic mass is 10.2. The molecule has 1 aromatic carbocycles. The van der Waals surface area contributed by atoms with E-state index in [-0.39, 0.29) is 25.7 Å². The molecule has 0 fully saturated rings. The minimum atomic E-state index is -1.08. The summed E-state index contributed by atoms with van der Waals surface area (Å²) in [6, 6.07) is 3.65. The molecule has 0 atom stereocenters. The van der Waals surface area contributed by atoms with Crippen molar-refractivity contribution >= 4 is 70.9 Å². The Labute approximate surface area is 182 Å². The van der Waals surface area contributed by atoms with Crippen molar-refractivity contribution in [2.45, 2.75) is 53.4 Å². The average Bonchev–Trinajstić information content (AvgIpc) is 3.05. The number of methoxy groups -OCH3 is 1. The number of thioether (sulfide) groups is 4. The molecule has 0 amide bonds. The molecule has 0 saturated heterocycles. The van der Waals surface area contributed by atoms with Gasteiger partial charge in [0.2, 0.25) is 0 Å². The van der Waals surface area contributed by atoms with Crippen LogP contribution in [-0.4, -0.2) is 54.5 Å². The molecule has 0 saturated carbocycles. The van der Waals surface area contributed by atoms with Crippen LogP contribution in [0.5, 0.6) is 0 Å². The fourth-order valence-corrected chi connectivity index (χ4v) is 9.64. The van der Waals surface area contributed by atoms with Gasteiger partial charge in [0.1, 0.15) is 0 Å². The van der Waals surface area contributed by atoms with Gasteiger partial charge in [0.15, 0.2) is 0 Å². The maximum absolute atomic E-state index is 11.8. The summed E-state index contributed by atoms with van der Waals surface area (Å²) in [4.78, 5) is 48.9. The van der Waals surface area contributed by atoms with E-state index in [1.165, 1.54) is 54.2 Å². The average molecular weight is 477 g/mol. The number of hydrogen-bond acceptors (Lipinski definition) is 9. The molecule has 0 aromatic heterocycles. The number of ether oxygens (including phenoxy) is 1. The minimum Gasteiger partial charge on any atom is -0.481 e. The van der Waals surface area contributed by atoms with E-state index in [1.807, 2.05) is 12.1 Å². The Morgan fingerprint density at radius 3 is 1.31 bits per heavy atom. The largest absolute Gasteiger partial charge is 0.481 e. The molecule has 29 heavy (non-hydrogen) atoms. The minimum absolute atomic E-state index is 0.0767. The monoisotopic (exact) mass is 476 g/mol. The lowest BCUT2D eigenvalue weighted by Crippen LogP contribution is -2.26. The highest BCUT2D eigenvalue weighted by Crippen LogP contribution is 2.65. The van der Waals surface area contributed by atoms with E-state index in [2.05, 4.69) is 0 Å². The molecule has 3 N–H and O–H groups in total. The zero-order chi connectivity index (χ0) is 21.4. The number of carbonyl (C=O) groups is 4. The molecule has 2 heterocycles. The number of benzene rings is 1. The molecular formula is C17H16O8S4. The highest BCUT2D eigenvalue weighted by molar-refractivity contribution is 8.21. The first kappa shape index (κ1) is 22.2. The second-order valence-electron chi connectivity index (χ2n) is 6.44. The summed E-state index contributed by atoms with van der Waals surface area (Å²) in [6.07, 6.45) is -0.926. The predicted octanol–water partition coefficient (Wildman–Crippen LogP) is 3.46. The maximum Gasteiger partial charge on any atom is 0.307 e. The van der Waals surface area contributed by atoms with Crippen LogP contribution in [0.15, 0.2) is 31.7 Å². The Balaban J connectivity index is 1.89. The van der Waals surface area contributed by atoms with Crippen LogP contribution in [0.4, 0.5) is 0 Å². The molecule has 8 nitrogen and oxygen atoms in total. The SMILES string of the molecule is COC(=O)CC1(CC(=O)O)Sc2cc3c(cc2S1)SC(CC(=O)O)(CC(=O)O)S3. The van der Waals surface area contributed by atoms with E-state index >= 15 is 0 Å². The van der Waals surface area contributed by atoms with E-state index in [0.29, 0.717) is 0 Å². The molecule has 12 heteroatoms. The van der Waals surface area contributed by atoms with Gasteiger partial charge in [-0.3, -0.25) is 19.2 Å². The Morgan fingerprint density at radius 1 is 0.724 bits per heavy atom. The topological polar surface area (TPSA) is 138 Å². The van der Waals surface area contributed by atoms with E-state index in [1.54, 1.807) is 0 Å². The van der Waals surface area contributed by atoms with E-state index in [4.69, 9.17) is 4.74 Å². The van der Waals surface area contributed by atoms with Crippen LogP contribution in [0.3, 0.4) is 0 Å². The number of carbonyl (C=O) groups excluding carboxylic acids is 1. The van der Waals surface area contributed by atoms with Crippen LogP contribution in [0.2, 0.25) is 0 Å². The van der Waals surface area contributed by atoms with E-state index < -0.39 is 32.0 Å². The number of hydrogen-bond donors (Lipinski definition) is 3. The number of carboxylic acid groups (broad SMARTS) is 3. The molecule has 0 spiro atoms. The van der Waals surface area contributed by atoms with E-state index in [9.17, 15) is 34.5 Å². The highest BCUT2D eigenvalue weighted by Gasteiger charge is 2.47. The molecule has 2 aliphatic rings. The molecule has 2 aliphatic heterocycles. The van der Waals surface area contributed by atoms with Crippen molar-refractivity contribution in [1.82, 2.24) is 0 Å². The predicted molar refractivity (Wildman–Crippen MR) is 109 cm³/mol. The van der Waals surface area contributed by atoms with E-state index in [0.717, 1.165) is 19.6 Å². The molecule has 0 unspecified atom stereocenters. The molecule has 0 aliphatic carbocycles. The zero-order valence-electron chi connectivity index (χ0n) is 15.0. The van der Waals surface area contributed by atoms with Crippen molar-refractivity contribution in [2.75, 3.05) is 7.11 Å². The number of rotatable bonds is 8. The number of fused-ring (bicyclic) bond motifs is 2. The van der Waals surface area contributed by atoms with Gasteiger partial charge in [-0.15, -0.1) is 47.0 Å². The summed E-state index contributed by atoms with van der Waals surface area (Å²) in [5.41, 5.74) is 0. The van der Waals surface area contributed by atoms with Gasteiger partial charge in [0.25, 0.3) is 0 Å².